The van der Waals surface area contributed by atoms with Crippen molar-refractivity contribution < 1.29 is 22.1 Å². The summed E-state index contributed by atoms with van der Waals surface area (Å²) in [5.74, 6) is -0.511. The molecule has 0 rings (SSSR count). The van der Waals surface area contributed by atoms with Crippen LogP contribution in [-0.2, 0) is 23.8 Å². The number of alkyl halides is 1. The van der Waals surface area contributed by atoms with Gasteiger partial charge >= 0.3 is 5.97 Å². The van der Waals surface area contributed by atoms with Crippen LogP contribution in [0.1, 0.15) is 46.5 Å². The molecule has 0 aromatic heterocycles. The summed E-state index contributed by atoms with van der Waals surface area (Å²) >= 11 is 5.31. The number of hydrogen-bond donors (Lipinski definition) is 0. The molecule has 0 aromatic carbocycles. The van der Waals surface area contributed by atoms with Gasteiger partial charge in [0.25, 0.3) is 10.1 Å². The molecule has 0 amide bonds. The Hall–Kier alpha value is -0.330. The molecule has 0 fully saturated rings. The van der Waals surface area contributed by atoms with E-state index in [2.05, 4.69) is 0 Å². The molecule has 0 radical (unpaired) electrons. The largest absolute Gasteiger partial charge is 0.466 e. The molecule has 0 heterocycles. The Bertz CT molecular complexity index is 355. The molecule has 7 heteroatoms. The summed E-state index contributed by atoms with van der Waals surface area (Å²) in [6, 6.07) is 0. The number of hydrogen-bond acceptors (Lipinski definition) is 5. The van der Waals surface area contributed by atoms with Crippen LogP contribution >= 0.6 is 11.6 Å². The standard InChI is InChI=1S/C12H23ClO5S/c1-4-6-7-10(3)11(8-12(14)17-5-2)18-19(15,16)9-13/h10-11H,4-9H2,1-3H3/t10-,11+/m0/s1. The molecule has 0 aliphatic heterocycles. The van der Waals surface area contributed by atoms with Gasteiger partial charge in [-0.25, -0.2) is 0 Å². The fraction of sp³-hybridized carbons (Fsp3) is 0.917. The lowest BCUT2D eigenvalue weighted by atomic mass is 9.96. The molecule has 0 unspecified atom stereocenters. The molecular weight excluding hydrogens is 292 g/mol. The lowest BCUT2D eigenvalue weighted by molar-refractivity contribution is -0.145. The molecular formula is C12H23ClO5S. The average molecular weight is 315 g/mol. The van der Waals surface area contributed by atoms with Crippen molar-refractivity contribution in [2.45, 2.75) is 52.6 Å². The molecule has 0 aliphatic carbocycles. The smallest absolute Gasteiger partial charge is 0.308 e. The van der Waals surface area contributed by atoms with E-state index < -0.39 is 27.4 Å². The van der Waals surface area contributed by atoms with E-state index >= 15 is 0 Å². The Morgan fingerprint density at radius 3 is 2.42 bits per heavy atom. The maximum atomic E-state index is 11.5. The Labute approximate surface area is 120 Å². The average Bonchev–Trinajstić information content (AvgIpc) is 2.35. The van der Waals surface area contributed by atoms with Crippen LogP contribution in [-0.4, -0.2) is 32.3 Å². The first-order chi connectivity index (χ1) is 8.86. The first kappa shape index (κ1) is 18.7. The quantitative estimate of drug-likeness (QED) is 0.352. The second-order valence-electron chi connectivity index (χ2n) is 4.43. The van der Waals surface area contributed by atoms with Crippen LogP contribution in [0.5, 0.6) is 0 Å². The third kappa shape index (κ3) is 8.44. The van der Waals surface area contributed by atoms with Crippen LogP contribution < -0.4 is 0 Å². The summed E-state index contributed by atoms with van der Waals surface area (Å²) in [6.45, 7) is 5.87. The van der Waals surface area contributed by atoms with Crippen molar-refractivity contribution >= 4 is 27.7 Å². The second-order valence-corrected chi connectivity index (χ2v) is 6.61. The van der Waals surface area contributed by atoms with E-state index in [1.165, 1.54) is 0 Å². The number of halogens is 1. The lowest BCUT2D eigenvalue weighted by Gasteiger charge is -2.22. The van der Waals surface area contributed by atoms with Crippen molar-refractivity contribution in [1.82, 2.24) is 0 Å². The molecule has 2 atom stereocenters. The fourth-order valence-corrected chi connectivity index (χ4v) is 2.48. The van der Waals surface area contributed by atoms with E-state index in [9.17, 15) is 13.2 Å². The van der Waals surface area contributed by atoms with E-state index in [0.717, 1.165) is 19.3 Å². The molecule has 5 nitrogen and oxygen atoms in total. The highest BCUT2D eigenvalue weighted by Crippen LogP contribution is 2.21. The van der Waals surface area contributed by atoms with E-state index in [1.807, 2.05) is 13.8 Å². The molecule has 0 saturated heterocycles. The molecule has 0 aromatic rings. The van der Waals surface area contributed by atoms with Crippen molar-refractivity contribution in [1.29, 1.82) is 0 Å². The normalized spacial score (nSPS) is 14.9. The third-order valence-corrected chi connectivity index (χ3v) is 4.33. The van der Waals surface area contributed by atoms with E-state index in [-0.39, 0.29) is 18.9 Å². The number of carbonyl (C=O) groups excluding carboxylic acids is 1. The maximum absolute atomic E-state index is 11.5. The number of unbranched alkanes of at least 4 members (excludes halogenated alkanes) is 1. The molecule has 0 N–H and O–H groups in total. The minimum Gasteiger partial charge on any atom is -0.466 e. The van der Waals surface area contributed by atoms with Crippen molar-refractivity contribution in [3.8, 4) is 0 Å². The Kier molecular flexibility index (Phi) is 9.39. The highest BCUT2D eigenvalue weighted by atomic mass is 35.5. The summed E-state index contributed by atoms with van der Waals surface area (Å²) in [5.41, 5.74) is 0. The molecule has 19 heavy (non-hydrogen) atoms. The van der Waals surface area contributed by atoms with Crippen molar-refractivity contribution in [2.24, 2.45) is 5.92 Å². The van der Waals surface area contributed by atoms with Gasteiger partial charge in [0, 0.05) is 0 Å². The number of rotatable bonds is 10. The van der Waals surface area contributed by atoms with Gasteiger partial charge in [0.15, 0.2) is 0 Å². The Morgan fingerprint density at radius 1 is 1.32 bits per heavy atom. The number of ether oxygens (including phenoxy) is 1. The third-order valence-electron chi connectivity index (χ3n) is 2.72. The molecule has 0 saturated carbocycles. The summed E-state index contributed by atoms with van der Waals surface area (Å²) < 4.78 is 32.7. The molecule has 114 valence electrons. The second kappa shape index (κ2) is 9.55. The van der Waals surface area contributed by atoms with Crippen LogP contribution in [0.3, 0.4) is 0 Å². The number of carbonyl (C=O) groups is 1. The zero-order valence-electron chi connectivity index (χ0n) is 11.7. The zero-order chi connectivity index (χ0) is 14.9. The summed E-state index contributed by atoms with van der Waals surface area (Å²) in [5, 5.41) is -0.618. The van der Waals surface area contributed by atoms with Crippen LogP contribution in [0.25, 0.3) is 0 Å². The lowest BCUT2D eigenvalue weighted by Crippen LogP contribution is -2.29. The summed E-state index contributed by atoms with van der Waals surface area (Å²) in [4.78, 5) is 11.5. The van der Waals surface area contributed by atoms with Gasteiger partial charge in [0.1, 0.15) is 5.21 Å². The summed E-state index contributed by atoms with van der Waals surface area (Å²) in [7, 11) is -3.79. The van der Waals surface area contributed by atoms with E-state index in [0.29, 0.717) is 0 Å². The maximum Gasteiger partial charge on any atom is 0.308 e. The van der Waals surface area contributed by atoms with E-state index in [4.69, 9.17) is 20.5 Å². The van der Waals surface area contributed by atoms with Crippen molar-refractivity contribution in [3.63, 3.8) is 0 Å². The fourth-order valence-electron chi connectivity index (χ4n) is 1.64. The van der Waals surface area contributed by atoms with Crippen LogP contribution in [0.2, 0.25) is 0 Å². The minimum absolute atomic E-state index is 0.0534. The highest BCUT2D eigenvalue weighted by molar-refractivity contribution is 7.87. The van der Waals surface area contributed by atoms with Gasteiger partial charge in [-0.1, -0.05) is 26.7 Å². The van der Waals surface area contributed by atoms with E-state index in [1.54, 1.807) is 6.92 Å². The van der Waals surface area contributed by atoms with Gasteiger partial charge in [-0.2, -0.15) is 8.42 Å². The predicted octanol–water partition coefficient (Wildman–Crippen LogP) is 2.68. The monoisotopic (exact) mass is 314 g/mol. The summed E-state index contributed by atoms with van der Waals surface area (Å²) in [6.07, 6.45) is 1.95. The molecule has 0 bridgehead atoms. The zero-order valence-corrected chi connectivity index (χ0v) is 13.3. The van der Waals surface area contributed by atoms with Crippen LogP contribution in [0.15, 0.2) is 0 Å². The first-order valence-corrected chi connectivity index (χ1v) is 8.60. The van der Waals surface area contributed by atoms with Gasteiger partial charge in [0.05, 0.1) is 19.1 Å². The SMILES string of the molecule is CCCC[C@H](C)[C@@H](CC(=O)OCC)OS(=O)(=O)CCl. The molecule has 0 spiro atoms. The van der Waals surface area contributed by atoms with Crippen molar-refractivity contribution in [3.05, 3.63) is 0 Å². The van der Waals surface area contributed by atoms with Crippen molar-refractivity contribution in [2.75, 3.05) is 11.8 Å². The van der Waals surface area contributed by atoms with Gasteiger partial charge in [-0.05, 0) is 19.3 Å². The minimum atomic E-state index is -3.79. The number of esters is 1. The highest BCUT2D eigenvalue weighted by Gasteiger charge is 2.27. The van der Waals surface area contributed by atoms with Crippen LogP contribution in [0, 0.1) is 5.92 Å². The first-order valence-electron chi connectivity index (χ1n) is 6.48. The van der Waals surface area contributed by atoms with Gasteiger partial charge in [-0.3, -0.25) is 8.98 Å². The van der Waals surface area contributed by atoms with Gasteiger partial charge < -0.3 is 4.74 Å². The topological polar surface area (TPSA) is 69.7 Å². The Balaban J connectivity index is 4.67. The van der Waals surface area contributed by atoms with Gasteiger partial charge in [-0.15, -0.1) is 11.6 Å². The van der Waals surface area contributed by atoms with Gasteiger partial charge in [0.2, 0.25) is 0 Å². The molecule has 0 aliphatic rings. The predicted molar refractivity (Wildman–Crippen MR) is 74.5 cm³/mol. The Morgan fingerprint density at radius 2 is 1.95 bits per heavy atom. The van der Waals surface area contributed by atoms with Crippen LogP contribution in [0.4, 0.5) is 0 Å².